The predicted octanol–water partition coefficient (Wildman–Crippen LogP) is 6.69. The van der Waals surface area contributed by atoms with Crippen LogP contribution in [0.5, 0.6) is 0 Å². The Morgan fingerprint density at radius 3 is 2.26 bits per heavy atom. The SMILES string of the molecule is CC[C@H](C)NC(=O)[C@H](Cc1ccccc1)N(Cc1ccc(Cl)c(Cl)c1)C(=O)CSCc1ccc([N+](=O)[O-])cc1. The lowest BCUT2D eigenvalue weighted by atomic mass is 10.0. The molecular weight excluding hydrogens is 557 g/mol. The van der Waals surface area contributed by atoms with Crippen LogP contribution in [0.1, 0.15) is 37.0 Å². The maximum atomic E-state index is 13.7. The molecule has 0 aliphatic carbocycles. The van der Waals surface area contributed by atoms with Crippen molar-refractivity contribution in [2.45, 2.75) is 51.1 Å². The predicted molar refractivity (Wildman–Crippen MR) is 158 cm³/mol. The van der Waals surface area contributed by atoms with Gasteiger partial charge >= 0.3 is 0 Å². The number of hydrogen-bond acceptors (Lipinski definition) is 5. The highest BCUT2D eigenvalue weighted by molar-refractivity contribution is 7.99. The molecule has 0 aromatic heterocycles. The van der Waals surface area contributed by atoms with Crippen molar-refractivity contribution in [2.75, 3.05) is 5.75 Å². The molecule has 0 fully saturated rings. The topological polar surface area (TPSA) is 92.6 Å². The van der Waals surface area contributed by atoms with Crippen LogP contribution in [0.15, 0.2) is 72.8 Å². The van der Waals surface area contributed by atoms with E-state index in [2.05, 4.69) is 5.32 Å². The van der Waals surface area contributed by atoms with Crippen molar-refractivity contribution in [3.05, 3.63) is 110 Å². The molecule has 39 heavy (non-hydrogen) atoms. The van der Waals surface area contributed by atoms with Gasteiger partial charge in [0.05, 0.1) is 20.7 Å². The van der Waals surface area contributed by atoms with Crippen molar-refractivity contribution < 1.29 is 14.5 Å². The van der Waals surface area contributed by atoms with Gasteiger partial charge in [0.25, 0.3) is 5.69 Å². The van der Waals surface area contributed by atoms with Gasteiger partial charge in [0.1, 0.15) is 6.04 Å². The van der Waals surface area contributed by atoms with Gasteiger partial charge in [-0.15, -0.1) is 11.8 Å². The van der Waals surface area contributed by atoms with Crippen LogP contribution in [0.2, 0.25) is 10.0 Å². The number of amides is 2. The van der Waals surface area contributed by atoms with Crippen LogP contribution < -0.4 is 5.32 Å². The van der Waals surface area contributed by atoms with Crippen LogP contribution in [0, 0.1) is 10.1 Å². The van der Waals surface area contributed by atoms with Crippen LogP contribution in [0.3, 0.4) is 0 Å². The number of carbonyl (C=O) groups excluding carboxylic acids is 2. The Hall–Kier alpha value is -3.07. The normalized spacial score (nSPS) is 12.4. The zero-order valence-corrected chi connectivity index (χ0v) is 24.1. The molecule has 2 atom stereocenters. The van der Waals surface area contributed by atoms with Gasteiger partial charge in [0.15, 0.2) is 0 Å². The number of carbonyl (C=O) groups is 2. The molecule has 10 heteroatoms. The van der Waals surface area contributed by atoms with Gasteiger partial charge in [0.2, 0.25) is 11.8 Å². The standard InChI is InChI=1S/C29H31Cl2N3O4S/c1-3-20(2)32-29(36)27(16-21-7-5-4-6-8-21)33(17-23-11-14-25(30)26(31)15-23)28(35)19-39-18-22-9-12-24(13-10-22)34(37)38/h4-15,20,27H,3,16-19H2,1-2H3,(H,32,36)/t20-,27-/m0/s1. The van der Waals surface area contributed by atoms with Crippen LogP contribution in [0.25, 0.3) is 0 Å². The molecule has 3 rings (SSSR count). The first kappa shape index (κ1) is 30.5. The van der Waals surface area contributed by atoms with Crippen molar-refractivity contribution in [3.63, 3.8) is 0 Å². The van der Waals surface area contributed by atoms with E-state index in [1.165, 1.54) is 23.9 Å². The summed E-state index contributed by atoms with van der Waals surface area (Å²) in [7, 11) is 0. The Kier molecular flexibility index (Phi) is 11.7. The van der Waals surface area contributed by atoms with Crippen LogP contribution in [-0.4, -0.2) is 39.5 Å². The largest absolute Gasteiger partial charge is 0.352 e. The number of benzene rings is 3. The molecule has 0 saturated carbocycles. The molecule has 0 heterocycles. The van der Waals surface area contributed by atoms with E-state index in [1.54, 1.807) is 35.2 Å². The van der Waals surface area contributed by atoms with Crippen LogP contribution in [-0.2, 0) is 28.3 Å². The van der Waals surface area contributed by atoms with E-state index in [0.717, 1.165) is 23.1 Å². The first-order valence-corrected chi connectivity index (χ1v) is 14.5. The van der Waals surface area contributed by atoms with E-state index in [-0.39, 0.29) is 35.8 Å². The summed E-state index contributed by atoms with van der Waals surface area (Å²) in [6, 6.07) is 20.2. The van der Waals surface area contributed by atoms with Crippen molar-refractivity contribution in [3.8, 4) is 0 Å². The van der Waals surface area contributed by atoms with Crippen LogP contribution >= 0.6 is 35.0 Å². The third kappa shape index (κ3) is 9.27. The average Bonchev–Trinajstić information content (AvgIpc) is 2.93. The number of hydrogen-bond donors (Lipinski definition) is 1. The molecule has 0 aliphatic heterocycles. The molecule has 0 saturated heterocycles. The number of halogens is 2. The third-order valence-electron chi connectivity index (χ3n) is 6.25. The number of nitro groups is 1. The van der Waals surface area contributed by atoms with Gasteiger partial charge in [-0.25, -0.2) is 0 Å². The fourth-order valence-corrected chi connectivity index (χ4v) is 5.07. The lowest BCUT2D eigenvalue weighted by Gasteiger charge is -2.32. The van der Waals surface area contributed by atoms with Crippen LogP contribution in [0.4, 0.5) is 5.69 Å². The summed E-state index contributed by atoms with van der Waals surface area (Å²) in [6.07, 6.45) is 1.11. The second-order valence-electron chi connectivity index (χ2n) is 9.21. The molecule has 3 aromatic rings. The van der Waals surface area contributed by atoms with E-state index in [1.807, 2.05) is 44.2 Å². The minimum atomic E-state index is -0.747. The molecular formula is C29H31Cl2N3O4S. The molecule has 0 bridgehead atoms. The Morgan fingerprint density at radius 1 is 0.974 bits per heavy atom. The summed E-state index contributed by atoms with van der Waals surface area (Å²) < 4.78 is 0. The molecule has 206 valence electrons. The fraction of sp³-hybridized carbons (Fsp3) is 0.310. The third-order valence-corrected chi connectivity index (χ3v) is 7.98. The van der Waals surface area contributed by atoms with Gasteiger partial charge in [-0.05, 0) is 42.2 Å². The zero-order valence-electron chi connectivity index (χ0n) is 21.8. The van der Waals surface area contributed by atoms with Gasteiger partial charge in [-0.1, -0.05) is 78.7 Å². The average molecular weight is 589 g/mol. The highest BCUT2D eigenvalue weighted by atomic mass is 35.5. The summed E-state index contributed by atoms with van der Waals surface area (Å²) in [5, 5.41) is 14.7. The minimum Gasteiger partial charge on any atom is -0.352 e. The summed E-state index contributed by atoms with van der Waals surface area (Å²) in [5.74, 6) is 0.197. The lowest BCUT2D eigenvalue weighted by Crippen LogP contribution is -2.52. The Bertz CT molecular complexity index is 1280. The number of nitrogens with zero attached hydrogens (tertiary/aromatic N) is 2. The highest BCUT2D eigenvalue weighted by Crippen LogP contribution is 2.25. The number of non-ortho nitro benzene ring substituents is 1. The van der Waals surface area contributed by atoms with E-state index in [4.69, 9.17) is 23.2 Å². The second kappa shape index (κ2) is 14.9. The monoisotopic (exact) mass is 587 g/mol. The second-order valence-corrected chi connectivity index (χ2v) is 11.0. The minimum absolute atomic E-state index is 0.0173. The molecule has 1 N–H and O–H groups in total. The molecule has 3 aromatic carbocycles. The van der Waals surface area contributed by atoms with Crippen molar-refractivity contribution in [2.24, 2.45) is 0 Å². The molecule has 0 unspecified atom stereocenters. The van der Waals surface area contributed by atoms with E-state index < -0.39 is 11.0 Å². The first-order valence-electron chi connectivity index (χ1n) is 12.6. The van der Waals surface area contributed by atoms with Crippen molar-refractivity contribution >= 4 is 52.5 Å². The Labute approximate surface area is 243 Å². The fourth-order valence-electron chi connectivity index (χ4n) is 3.88. The maximum absolute atomic E-state index is 13.7. The molecule has 0 spiro atoms. The smallest absolute Gasteiger partial charge is 0.269 e. The van der Waals surface area contributed by atoms with E-state index in [0.29, 0.717) is 22.2 Å². The van der Waals surface area contributed by atoms with E-state index in [9.17, 15) is 19.7 Å². The zero-order chi connectivity index (χ0) is 28.4. The Morgan fingerprint density at radius 2 is 1.64 bits per heavy atom. The quantitative estimate of drug-likeness (QED) is 0.177. The lowest BCUT2D eigenvalue weighted by molar-refractivity contribution is -0.384. The molecule has 0 radical (unpaired) electrons. The maximum Gasteiger partial charge on any atom is 0.269 e. The number of rotatable bonds is 13. The van der Waals surface area contributed by atoms with E-state index >= 15 is 0 Å². The van der Waals surface area contributed by atoms with Gasteiger partial charge in [0, 0.05) is 36.9 Å². The Balaban J connectivity index is 1.85. The molecule has 2 amide bonds. The first-order chi connectivity index (χ1) is 18.7. The molecule has 0 aliphatic rings. The van der Waals surface area contributed by atoms with Crippen molar-refractivity contribution in [1.82, 2.24) is 10.2 Å². The summed E-state index contributed by atoms with van der Waals surface area (Å²) in [4.78, 5) is 39.3. The number of nitro benzene ring substituents is 1. The number of thioether (sulfide) groups is 1. The van der Waals surface area contributed by atoms with Gasteiger partial charge < -0.3 is 10.2 Å². The highest BCUT2D eigenvalue weighted by Gasteiger charge is 2.31. The van der Waals surface area contributed by atoms with Gasteiger partial charge in [-0.3, -0.25) is 19.7 Å². The summed E-state index contributed by atoms with van der Waals surface area (Å²) in [5.41, 5.74) is 2.58. The molecule has 7 nitrogen and oxygen atoms in total. The van der Waals surface area contributed by atoms with Gasteiger partial charge in [-0.2, -0.15) is 0 Å². The van der Waals surface area contributed by atoms with Crippen molar-refractivity contribution in [1.29, 1.82) is 0 Å². The summed E-state index contributed by atoms with van der Waals surface area (Å²) in [6.45, 7) is 4.10. The summed E-state index contributed by atoms with van der Waals surface area (Å²) >= 11 is 13.8. The number of nitrogens with one attached hydrogen (secondary N) is 1.